The lowest BCUT2D eigenvalue weighted by Gasteiger charge is -2.12. The van der Waals surface area contributed by atoms with Gasteiger partial charge in [0.25, 0.3) is 5.91 Å². The summed E-state index contributed by atoms with van der Waals surface area (Å²) in [6, 6.07) is 29.7. The highest BCUT2D eigenvalue weighted by atomic mass is 32.1. The van der Waals surface area contributed by atoms with Crippen molar-refractivity contribution < 1.29 is 23.8 Å². The molecule has 0 aliphatic rings. The lowest BCUT2D eigenvalue weighted by Crippen LogP contribution is -2.20. The molecule has 6 aromatic rings. The van der Waals surface area contributed by atoms with Crippen molar-refractivity contribution in [2.45, 2.75) is 0 Å². The number of carbonyl (C=O) groups is 2. The third-order valence-corrected chi connectivity index (χ3v) is 7.54. The predicted octanol–water partition coefficient (Wildman–Crippen LogP) is 6.90. The number of ether oxygens (including phenoxy) is 3. The van der Waals surface area contributed by atoms with E-state index in [0.717, 1.165) is 28.1 Å². The Labute approximate surface area is 257 Å². The lowest BCUT2D eigenvalue weighted by atomic mass is 10.0. The number of carbonyl (C=O) groups excluding carboxylic acids is 2. The van der Waals surface area contributed by atoms with Gasteiger partial charge in [0.1, 0.15) is 11.5 Å². The van der Waals surface area contributed by atoms with Crippen LogP contribution in [0.3, 0.4) is 0 Å². The van der Waals surface area contributed by atoms with E-state index in [-0.39, 0.29) is 5.56 Å². The number of rotatable bonds is 9. The molecule has 6 rings (SSSR count). The van der Waals surface area contributed by atoms with Gasteiger partial charge in [-0.15, -0.1) is 11.3 Å². The Morgan fingerprint density at radius 2 is 1.32 bits per heavy atom. The van der Waals surface area contributed by atoms with E-state index < -0.39 is 18.5 Å². The van der Waals surface area contributed by atoms with Crippen LogP contribution in [0.4, 0.5) is 5.13 Å². The molecule has 4 aromatic carbocycles. The van der Waals surface area contributed by atoms with Gasteiger partial charge < -0.3 is 14.2 Å². The first-order valence-corrected chi connectivity index (χ1v) is 14.5. The minimum absolute atomic E-state index is 0.248. The third-order valence-electron chi connectivity index (χ3n) is 6.78. The van der Waals surface area contributed by atoms with Crippen LogP contribution in [-0.2, 0) is 9.53 Å². The topological polar surface area (TPSA) is 113 Å². The van der Waals surface area contributed by atoms with Crippen LogP contribution < -0.4 is 14.8 Å². The van der Waals surface area contributed by atoms with E-state index >= 15 is 0 Å². The molecule has 0 aliphatic carbocycles. The molecule has 0 unspecified atom stereocenters. The summed E-state index contributed by atoms with van der Waals surface area (Å²) < 4.78 is 15.9. The van der Waals surface area contributed by atoms with E-state index in [4.69, 9.17) is 24.2 Å². The van der Waals surface area contributed by atoms with Crippen LogP contribution in [0.2, 0.25) is 0 Å². The summed E-state index contributed by atoms with van der Waals surface area (Å²) in [7, 11) is 3.23. The SMILES string of the molecule is COc1ccc(-c2nc3ccc(C(=O)OCC(=O)Nc4nc(-c5ccccc5)cs4)cc3nc2-c2ccc(OC)cc2)cc1. The Kier molecular flexibility index (Phi) is 8.24. The average Bonchev–Trinajstić information content (AvgIpc) is 3.55. The molecule has 0 bridgehead atoms. The van der Waals surface area contributed by atoms with Gasteiger partial charge in [-0.2, -0.15) is 0 Å². The van der Waals surface area contributed by atoms with E-state index in [9.17, 15) is 9.59 Å². The van der Waals surface area contributed by atoms with Crippen molar-refractivity contribution >= 4 is 39.4 Å². The molecule has 0 fully saturated rings. The zero-order valence-corrected chi connectivity index (χ0v) is 24.6. The molecule has 0 radical (unpaired) electrons. The second-order valence-corrected chi connectivity index (χ2v) is 10.5. The van der Waals surface area contributed by atoms with Crippen LogP contribution in [0.15, 0.2) is 102 Å². The number of hydrogen-bond acceptors (Lipinski definition) is 9. The van der Waals surface area contributed by atoms with Crippen molar-refractivity contribution in [2.75, 3.05) is 26.1 Å². The monoisotopic (exact) mass is 602 g/mol. The molecule has 0 saturated heterocycles. The van der Waals surface area contributed by atoms with Crippen molar-refractivity contribution in [1.82, 2.24) is 15.0 Å². The molecule has 218 valence electrons. The zero-order chi connectivity index (χ0) is 30.5. The molecule has 2 aromatic heterocycles. The van der Waals surface area contributed by atoms with Crippen LogP contribution >= 0.6 is 11.3 Å². The number of nitrogens with zero attached hydrogens (tertiary/aromatic N) is 3. The summed E-state index contributed by atoms with van der Waals surface area (Å²) in [5.41, 5.74) is 6.04. The Morgan fingerprint density at radius 3 is 1.93 bits per heavy atom. The van der Waals surface area contributed by atoms with Crippen LogP contribution in [-0.4, -0.2) is 47.7 Å². The molecular weight excluding hydrogens is 576 g/mol. The molecule has 44 heavy (non-hydrogen) atoms. The Bertz CT molecular complexity index is 1940. The van der Waals surface area contributed by atoms with Crippen molar-refractivity contribution in [1.29, 1.82) is 0 Å². The van der Waals surface area contributed by atoms with Crippen molar-refractivity contribution in [3.05, 3.63) is 108 Å². The number of nitrogens with one attached hydrogen (secondary N) is 1. The van der Waals surface area contributed by atoms with Gasteiger partial charge in [0, 0.05) is 22.1 Å². The van der Waals surface area contributed by atoms with E-state index in [2.05, 4.69) is 10.3 Å². The molecule has 1 amide bonds. The highest BCUT2D eigenvalue weighted by Gasteiger charge is 2.17. The number of amides is 1. The molecule has 10 heteroatoms. The minimum Gasteiger partial charge on any atom is -0.497 e. The second kappa shape index (κ2) is 12.7. The number of methoxy groups -OCH3 is 2. The zero-order valence-electron chi connectivity index (χ0n) is 23.8. The molecular formula is C34H26N4O5S. The number of hydrogen-bond donors (Lipinski definition) is 1. The third kappa shape index (κ3) is 6.25. The fraction of sp³-hybridized carbons (Fsp3) is 0.0882. The van der Waals surface area contributed by atoms with Gasteiger partial charge in [0.15, 0.2) is 11.7 Å². The predicted molar refractivity (Wildman–Crippen MR) is 170 cm³/mol. The molecule has 0 spiro atoms. The summed E-state index contributed by atoms with van der Waals surface area (Å²) >= 11 is 1.30. The average molecular weight is 603 g/mol. The van der Waals surface area contributed by atoms with Crippen LogP contribution in [0.1, 0.15) is 10.4 Å². The molecule has 0 atom stereocenters. The van der Waals surface area contributed by atoms with Gasteiger partial charge in [0.2, 0.25) is 0 Å². The molecule has 2 heterocycles. The van der Waals surface area contributed by atoms with Gasteiger partial charge >= 0.3 is 5.97 Å². The van der Waals surface area contributed by atoms with Crippen molar-refractivity contribution in [3.8, 4) is 45.3 Å². The summed E-state index contributed by atoms with van der Waals surface area (Å²) in [6.45, 7) is -0.462. The van der Waals surface area contributed by atoms with Crippen LogP contribution in [0.25, 0.3) is 44.8 Å². The maximum Gasteiger partial charge on any atom is 0.338 e. The summed E-state index contributed by atoms with van der Waals surface area (Å²) in [5, 5.41) is 4.96. The second-order valence-electron chi connectivity index (χ2n) is 9.61. The van der Waals surface area contributed by atoms with Crippen molar-refractivity contribution in [3.63, 3.8) is 0 Å². The Hall–Kier alpha value is -5.61. The quantitative estimate of drug-likeness (QED) is 0.178. The van der Waals surface area contributed by atoms with Gasteiger partial charge in [-0.25, -0.2) is 19.7 Å². The molecule has 0 saturated carbocycles. The van der Waals surface area contributed by atoms with Gasteiger partial charge in [-0.05, 0) is 66.7 Å². The number of aromatic nitrogens is 3. The molecule has 1 N–H and O–H groups in total. The molecule has 0 aliphatic heterocycles. The summed E-state index contributed by atoms with van der Waals surface area (Å²) in [5.74, 6) is 0.306. The smallest absolute Gasteiger partial charge is 0.338 e. The summed E-state index contributed by atoms with van der Waals surface area (Å²) in [6.07, 6.45) is 0. The molecule has 9 nitrogen and oxygen atoms in total. The first kappa shape index (κ1) is 28.5. The number of thiazole rings is 1. The van der Waals surface area contributed by atoms with Crippen LogP contribution in [0, 0.1) is 0 Å². The number of anilines is 1. The minimum atomic E-state index is -0.654. The maximum atomic E-state index is 12.9. The Balaban J connectivity index is 1.22. The Morgan fingerprint density at radius 1 is 0.705 bits per heavy atom. The van der Waals surface area contributed by atoms with Crippen molar-refractivity contribution in [2.24, 2.45) is 0 Å². The van der Waals surface area contributed by atoms with E-state index in [0.29, 0.717) is 33.3 Å². The van der Waals surface area contributed by atoms with E-state index in [1.807, 2.05) is 84.2 Å². The van der Waals surface area contributed by atoms with E-state index in [1.165, 1.54) is 11.3 Å². The number of fused-ring (bicyclic) bond motifs is 1. The largest absolute Gasteiger partial charge is 0.497 e. The highest BCUT2D eigenvalue weighted by Crippen LogP contribution is 2.33. The lowest BCUT2D eigenvalue weighted by molar-refractivity contribution is -0.119. The van der Waals surface area contributed by atoms with Gasteiger partial charge in [0.05, 0.1) is 47.9 Å². The number of esters is 1. The summed E-state index contributed by atoms with van der Waals surface area (Å²) in [4.78, 5) is 39.7. The fourth-order valence-electron chi connectivity index (χ4n) is 4.52. The van der Waals surface area contributed by atoms with E-state index in [1.54, 1.807) is 32.4 Å². The van der Waals surface area contributed by atoms with Gasteiger partial charge in [-0.3, -0.25) is 10.1 Å². The van der Waals surface area contributed by atoms with Gasteiger partial charge in [-0.1, -0.05) is 30.3 Å². The first-order valence-electron chi connectivity index (χ1n) is 13.6. The highest BCUT2D eigenvalue weighted by molar-refractivity contribution is 7.14. The normalized spacial score (nSPS) is 10.8. The maximum absolute atomic E-state index is 12.9. The first-order chi connectivity index (χ1) is 21.5. The number of benzene rings is 4. The fourth-order valence-corrected chi connectivity index (χ4v) is 5.26. The standard InChI is InChI=1S/C34H26N4O5S/c1-41-25-13-8-22(9-14-25)31-32(23-10-15-26(42-2)16-11-23)36-28-18-24(12-17-27(28)35-31)33(40)43-19-30(39)38-34-37-29(20-44-34)21-6-4-3-5-7-21/h3-18,20H,19H2,1-2H3,(H,37,38,39). The van der Waals surface area contributed by atoms with Crippen LogP contribution in [0.5, 0.6) is 11.5 Å².